The summed E-state index contributed by atoms with van der Waals surface area (Å²) in [6, 6.07) is 10.6. The molecule has 0 unspecified atom stereocenters. The van der Waals surface area contributed by atoms with Crippen LogP contribution in [0.15, 0.2) is 42.7 Å². The van der Waals surface area contributed by atoms with Gasteiger partial charge in [-0.05, 0) is 49.8 Å². The first-order chi connectivity index (χ1) is 18.3. The monoisotopic (exact) mass is 535 g/mol. The van der Waals surface area contributed by atoms with Crippen LogP contribution in [0, 0.1) is 5.92 Å². The van der Waals surface area contributed by atoms with Crippen LogP contribution in [-0.4, -0.2) is 63.6 Å². The van der Waals surface area contributed by atoms with E-state index in [1.165, 1.54) is 4.31 Å². The Hall–Kier alpha value is -3.35. The van der Waals surface area contributed by atoms with Crippen LogP contribution in [0.5, 0.6) is 0 Å². The smallest absolute Gasteiger partial charge is 0.277 e. The molecule has 1 aliphatic heterocycles. The average Bonchev–Trinajstić information content (AvgIpc) is 3.68. The largest absolute Gasteiger partial charge is 0.361 e. The summed E-state index contributed by atoms with van der Waals surface area (Å²) in [5, 5.41) is 14.9. The van der Waals surface area contributed by atoms with Crippen molar-refractivity contribution in [2.45, 2.75) is 45.2 Å². The van der Waals surface area contributed by atoms with Gasteiger partial charge < -0.3 is 10.2 Å². The lowest BCUT2D eigenvalue weighted by atomic mass is 10.0. The lowest BCUT2D eigenvalue weighted by Gasteiger charge is -2.33. The molecule has 6 rings (SSSR count). The molecule has 1 saturated heterocycles. The minimum atomic E-state index is -3.71. The fraction of sp³-hybridized carbons (Fsp3) is 0.462. The van der Waals surface area contributed by atoms with Crippen LogP contribution < -0.4 is 15.4 Å². The Labute approximate surface area is 222 Å². The lowest BCUT2D eigenvalue weighted by molar-refractivity contribution is 0.383. The predicted molar refractivity (Wildman–Crippen MR) is 148 cm³/mol. The molecule has 4 aromatic rings. The SMILES string of the molecule is CC[C@@H](C)n1ncc2nc(N3CCN(S(N)(=O)=O)CC3)nc(N[C@@H](c3cnc4ccccc4c3)C3CC3)c21. The minimum Gasteiger partial charge on any atom is -0.361 e. The average molecular weight is 536 g/mol. The van der Waals surface area contributed by atoms with Gasteiger partial charge in [-0.1, -0.05) is 25.1 Å². The van der Waals surface area contributed by atoms with Crippen molar-refractivity contribution >= 4 is 43.9 Å². The Kier molecular flexibility index (Phi) is 6.40. The summed E-state index contributed by atoms with van der Waals surface area (Å²) in [5.41, 5.74) is 3.76. The number of nitrogens with one attached hydrogen (secondary N) is 1. The molecule has 38 heavy (non-hydrogen) atoms. The van der Waals surface area contributed by atoms with Crippen molar-refractivity contribution in [3.05, 3.63) is 48.3 Å². The predicted octanol–water partition coefficient (Wildman–Crippen LogP) is 3.23. The van der Waals surface area contributed by atoms with Gasteiger partial charge in [-0.15, -0.1) is 0 Å². The van der Waals surface area contributed by atoms with Crippen molar-refractivity contribution in [1.82, 2.24) is 29.0 Å². The molecule has 0 amide bonds. The maximum Gasteiger partial charge on any atom is 0.277 e. The highest BCUT2D eigenvalue weighted by atomic mass is 32.2. The zero-order chi connectivity index (χ0) is 26.4. The zero-order valence-electron chi connectivity index (χ0n) is 21.7. The third-order valence-corrected chi connectivity index (χ3v) is 8.76. The molecule has 12 heteroatoms. The zero-order valence-corrected chi connectivity index (χ0v) is 22.5. The van der Waals surface area contributed by atoms with Crippen LogP contribution in [0.4, 0.5) is 11.8 Å². The topological polar surface area (TPSA) is 135 Å². The minimum absolute atomic E-state index is 0.0533. The van der Waals surface area contributed by atoms with E-state index in [1.54, 1.807) is 6.20 Å². The molecule has 0 radical (unpaired) electrons. The van der Waals surface area contributed by atoms with Crippen LogP contribution in [0.3, 0.4) is 0 Å². The summed E-state index contributed by atoms with van der Waals surface area (Å²) in [7, 11) is -3.71. The highest BCUT2D eigenvalue weighted by Gasteiger charge is 2.34. The van der Waals surface area contributed by atoms with Gasteiger partial charge in [-0.2, -0.15) is 22.8 Å². The number of nitrogens with two attached hydrogens (primary N) is 1. The molecule has 0 bridgehead atoms. The highest BCUT2D eigenvalue weighted by Crippen LogP contribution is 2.44. The van der Waals surface area contributed by atoms with Crippen molar-refractivity contribution in [2.24, 2.45) is 11.1 Å². The molecular weight excluding hydrogens is 502 g/mol. The summed E-state index contributed by atoms with van der Waals surface area (Å²) >= 11 is 0. The molecular formula is C26H33N9O2S. The Morgan fingerprint density at radius 1 is 1.08 bits per heavy atom. The number of fused-ring (bicyclic) bond motifs is 2. The number of nitrogens with zero attached hydrogens (tertiary/aromatic N) is 7. The number of anilines is 2. The van der Waals surface area contributed by atoms with Gasteiger partial charge in [0.2, 0.25) is 5.95 Å². The number of rotatable bonds is 8. The second kappa shape index (κ2) is 9.75. The Balaban J connectivity index is 1.39. The molecule has 4 heterocycles. The first-order valence-corrected chi connectivity index (χ1v) is 14.7. The first kappa shape index (κ1) is 25.0. The Morgan fingerprint density at radius 3 is 2.55 bits per heavy atom. The van der Waals surface area contributed by atoms with E-state index < -0.39 is 10.2 Å². The van der Waals surface area contributed by atoms with Crippen LogP contribution >= 0.6 is 0 Å². The van der Waals surface area contributed by atoms with E-state index in [2.05, 4.69) is 36.4 Å². The van der Waals surface area contributed by atoms with Crippen molar-refractivity contribution in [3.8, 4) is 0 Å². The molecule has 0 spiro atoms. The number of piperazine rings is 1. The molecule has 1 saturated carbocycles. The number of hydrogen-bond acceptors (Lipinski definition) is 8. The van der Waals surface area contributed by atoms with E-state index in [-0.39, 0.29) is 12.1 Å². The van der Waals surface area contributed by atoms with E-state index in [0.29, 0.717) is 38.0 Å². The van der Waals surface area contributed by atoms with Crippen molar-refractivity contribution < 1.29 is 8.42 Å². The van der Waals surface area contributed by atoms with Crippen molar-refractivity contribution in [2.75, 3.05) is 36.4 Å². The molecule has 2 atom stereocenters. The van der Waals surface area contributed by atoms with Gasteiger partial charge in [-0.3, -0.25) is 9.67 Å². The van der Waals surface area contributed by atoms with Crippen LogP contribution in [-0.2, 0) is 10.2 Å². The molecule has 2 aliphatic rings. The molecule has 3 N–H and O–H groups in total. The van der Waals surface area contributed by atoms with Crippen molar-refractivity contribution in [3.63, 3.8) is 0 Å². The van der Waals surface area contributed by atoms with E-state index in [1.807, 2.05) is 34.0 Å². The Morgan fingerprint density at radius 2 is 1.84 bits per heavy atom. The maximum atomic E-state index is 11.8. The summed E-state index contributed by atoms with van der Waals surface area (Å²) in [6.45, 7) is 5.79. The maximum absolute atomic E-state index is 11.8. The van der Waals surface area contributed by atoms with E-state index in [4.69, 9.17) is 20.1 Å². The van der Waals surface area contributed by atoms with Gasteiger partial charge in [-0.25, -0.2) is 10.1 Å². The fourth-order valence-corrected chi connectivity index (χ4v) is 5.82. The number of benzene rings is 1. The van der Waals surface area contributed by atoms with Gasteiger partial charge >= 0.3 is 0 Å². The van der Waals surface area contributed by atoms with E-state index in [0.717, 1.165) is 52.6 Å². The quantitative estimate of drug-likeness (QED) is 0.351. The van der Waals surface area contributed by atoms with Crippen LogP contribution in [0.25, 0.3) is 21.9 Å². The number of hydrogen-bond donors (Lipinski definition) is 2. The van der Waals surface area contributed by atoms with Gasteiger partial charge in [0.25, 0.3) is 10.2 Å². The summed E-state index contributed by atoms with van der Waals surface area (Å²) in [5.74, 6) is 1.79. The Bertz CT molecular complexity index is 1580. The number of pyridine rings is 1. The van der Waals surface area contributed by atoms with Gasteiger partial charge in [0.05, 0.1) is 17.8 Å². The van der Waals surface area contributed by atoms with Crippen molar-refractivity contribution in [1.29, 1.82) is 0 Å². The second-order valence-corrected chi connectivity index (χ2v) is 11.9. The first-order valence-electron chi connectivity index (χ1n) is 13.2. The third kappa shape index (κ3) is 4.79. The lowest BCUT2D eigenvalue weighted by Crippen LogP contribution is -2.51. The molecule has 1 aromatic carbocycles. The highest BCUT2D eigenvalue weighted by molar-refractivity contribution is 7.86. The van der Waals surface area contributed by atoms with Crippen LogP contribution in [0.2, 0.25) is 0 Å². The standard InChI is InChI=1S/C26H33N9O2S/c1-3-17(2)35-24-22(16-29-35)30-26(33-10-12-34(13-11-33)38(27,36)37)32-25(24)31-23(18-8-9-18)20-14-19-6-4-5-7-21(19)28-15-20/h4-7,14-18,23H,3,8-13H2,1-2H3,(H2,27,36,37)(H,30,31,32)/t17-,23-/m1/s1. The number of para-hydroxylation sites is 1. The van der Waals surface area contributed by atoms with Gasteiger partial charge in [0.1, 0.15) is 11.0 Å². The van der Waals surface area contributed by atoms with E-state index >= 15 is 0 Å². The molecule has 1 aliphatic carbocycles. The van der Waals surface area contributed by atoms with Gasteiger partial charge in [0, 0.05) is 43.8 Å². The summed E-state index contributed by atoms with van der Waals surface area (Å²) in [6.07, 6.45) is 6.98. The molecule has 3 aromatic heterocycles. The fourth-order valence-electron chi connectivity index (χ4n) is 5.15. The third-order valence-electron chi connectivity index (χ3n) is 7.68. The summed E-state index contributed by atoms with van der Waals surface area (Å²) in [4.78, 5) is 16.6. The second-order valence-electron chi connectivity index (χ2n) is 10.3. The number of aromatic nitrogens is 5. The molecule has 2 fully saturated rings. The normalized spacial score (nSPS) is 18.7. The molecule has 11 nitrogen and oxygen atoms in total. The van der Waals surface area contributed by atoms with Gasteiger partial charge in [0.15, 0.2) is 5.82 Å². The van der Waals surface area contributed by atoms with Crippen LogP contribution in [0.1, 0.15) is 50.8 Å². The molecule has 200 valence electrons. The summed E-state index contributed by atoms with van der Waals surface area (Å²) < 4.78 is 26.9. The van der Waals surface area contributed by atoms with E-state index in [9.17, 15) is 8.42 Å².